The van der Waals surface area contributed by atoms with Crippen LogP contribution in [-0.2, 0) is 17.9 Å². The maximum Gasteiger partial charge on any atom is 0.293 e. The van der Waals surface area contributed by atoms with Gasteiger partial charge in [-0.2, -0.15) is 0 Å². The highest BCUT2D eigenvalue weighted by Gasteiger charge is 2.35. The van der Waals surface area contributed by atoms with Gasteiger partial charge < -0.3 is 4.74 Å². The molecule has 156 valence electrons. The van der Waals surface area contributed by atoms with Crippen molar-refractivity contribution < 1.29 is 18.7 Å². The highest BCUT2D eigenvalue weighted by molar-refractivity contribution is 8.18. The SMILES string of the molecule is O=C1S/C(=C\c2ccc(OCc3ccccc3)cc2)C(=O)N1Cc1ccc(F)cc1Cl. The summed E-state index contributed by atoms with van der Waals surface area (Å²) in [5, 5.41) is -0.214. The molecular formula is C24H17ClFNO3S. The lowest BCUT2D eigenvalue weighted by Crippen LogP contribution is -2.27. The van der Waals surface area contributed by atoms with Gasteiger partial charge in [0.15, 0.2) is 0 Å². The Labute approximate surface area is 188 Å². The van der Waals surface area contributed by atoms with Crippen LogP contribution in [0.25, 0.3) is 6.08 Å². The van der Waals surface area contributed by atoms with Crippen LogP contribution in [0.15, 0.2) is 77.7 Å². The van der Waals surface area contributed by atoms with Crippen LogP contribution in [0.1, 0.15) is 16.7 Å². The van der Waals surface area contributed by atoms with E-state index in [0.29, 0.717) is 22.8 Å². The first-order valence-corrected chi connectivity index (χ1v) is 10.6. The topological polar surface area (TPSA) is 46.6 Å². The number of ether oxygens (including phenoxy) is 1. The molecule has 31 heavy (non-hydrogen) atoms. The quantitative estimate of drug-likeness (QED) is 0.411. The average molecular weight is 454 g/mol. The third-order valence-corrected chi connectivity index (χ3v) is 5.90. The van der Waals surface area contributed by atoms with Crippen molar-refractivity contribution >= 4 is 40.6 Å². The van der Waals surface area contributed by atoms with Gasteiger partial charge in [0.2, 0.25) is 0 Å². The zero-order valence-corrected chi connectivity index (χ0v) is 17.8. The van der Waals surface area contributed by atoms with E-state index in [9.17, 15) is 14.0 Å². The number of benzene rings is 3. The van der Waals surface area contributed by atoms with E-state index in [4.69, 9.17) is 16.3 Å². The Hall–Kier alpha value is -3.09. The molecule has 2 amide bonds. The van der Waals surface area contributed by atoms with Crippen molar-refractivity contribution in [1.82, 2.24) is 4.90 Å². The highest BCUT2D eigenvalue weighted by atomic mass is 35.5. The molecule has 0 atom stereocenters. The summed E-state index contributed by atoms with van der Waals surface area (Å²) in [5.74, 6) is -0.168. The minimum absolute atomic E-state index is 0.00656. The van der Waals surface area contributed by atoms with Gasteiger partial charge >= 0.3 is 0 Å². The number of halogens is 2. The average Bonchev–Trinajstić information content (AvgIpc) is 3.03. The molecule has 0 spiro atoms. The van der Waals surface area contributed by atoms with Crippen LogP contribution in [0.3, 0.4) is 0 Å². The summed E-state index contributed by atoms with van der Waals surface area (Å²) < 4.78 is 19.0. The zero-order chi connectivity index (χ0) is 21.8. The molecular weight excluding hydrogens is 437 g/mol. The van der Waals surface area contributed by atoms with Crippen LogP contribution >= 0.6 is 23.4 Å². The van der Waals surface area contributed by atoms with E-state index in [2.05, 4.69) is 0 Å². The van der Waals surface area contributed by atoms with Crippen molar-refractivity contribution in [1.29, 1.82) is 0 Å². The van der Waals surface area contributed by atoms with Gasteiger partial charge in [0.25, 0.3) is 11.1 Å². The Morgan fingerprint density at radius 2 is 1.74 bits per heavy atom. The molecule has 0 N–H and O–H groups in total. The molecule has 0 radical (unpaired) electrons. The first-order valence-electron chi connectivity index (χ1n) is 9.46. The Morgan fingerprint density at radius 1 is 1.00 bits per heavy atom. The molecule has 1 aliphatic rings. The van der Waals surface area contributed by atoms with E-state index < -0.39 is 11.7 Å². The number of carbonyl (C=O) groups is 2. The lowest BCUT2D eigenvalue weighted by molar-refractivity contribution is -0.123. The van der Waals surface area contributed by atoms with Crippen molar-refractivity contribution in [3.8, 4) is 5.75 Å². The van der Waals surface area contributed by atoms with Gasteiger partial charge in [-0.05, 0) is 58.8 Å². The first kappa shape index (κ1) is 21.2. The van der Waals surface area contributed by atoms with Gasteiger partial charge in [-0.1, -0.05) is 60.1 Å². The second-order valence-electron chi connectivity index (χ2n) is 6.85. The number of hydrogen-bond donors (Lipinski definition) is 0. The number of amides is 2. The molecule has 0 aliphatic carbocycles. The fraction of sp³-hybridized carbons (Fsp3) is 0.0833. The number of hydrogen-bond acceptors (Lipinski definition) is 4. The van der Waals surface area contributed by atoms with Crippen molar-refractivity contribution in [2.24, 2.45) is 0 Å². The van der Waals surface area contributed by atoms with E-state index in [1.54, 1.807) is 6.08 Å². The van der Waals surface area contributed by atoms with Gasteiger partial charge in [0.05, 0.1) is 11.4 Å². The van der Waals surface area contributed by atoms with E-state index in [1.807, 2.05) is 54.6 Å². The van der Waals surface area contributed by atoms with Crippen molar-refractivity contribution in [2.75, 3.05) is 0 Å². The summed E-state index contributed by atoms with van der Waals surface area (Å²) in [7, 11) is 0. The second-order valence-corrected chi connectivity index (χ2v) is 8.25. The molecule has 0 unspecified atom stereocenters. The molecule has 0 saturated carbocycles. The Bertz CT molecular complexity index is 1150. The fourth-order valence-electron chi connectivity index (χ4n) is 3.01. The summed E-state index contributed by atoms with van der Waals surface area (Å²) in [6.07, 6.45) is 1.66. The molecule has 3 aromatic rings. The Kier molecular flexibility index (Phi) is 6.39. The van der Waals surface area contributed by atoms with E-state index in [1.165, 1.54) is 12.1 Å². The van der Waals surface area contributed by atoms with Crippen molar-refractivity contribution in [2.45, 2.75) is 13.2 Å². The van der Waals surface area contributed by atoms with Gasteiger partial charge in [0, 0.05) is 5.02 Å². The number of carbonyl (C=O) groups excluding carboxylic acids is 2. The second kappa shape index (κ2) is 9.37. The molecule has 4 rings (SSSR count). The zero-order valence-electron chi connectivity index (χ0n) is 16.3. The van der Waals surface area contributed by atoms with Gasteiger partial charge in [-0.25, -0.2) is 4.39 Å². The molecule has 1 fully saturated rings. The number of nitrogens with zero attached hydrogens (tertiary/aromatic N) is 1. The van der Waals surface area contributed by atoms with E-state index in [-0.39, 0.29) is 16.8 Å². The highest BCUT2D eigenvalue weighted by Crippen LogP contribution is 2.34. The van der Waals surface area contributed by atoms with Crippen molar-refractivity contribution in [3.63, 3.8) is 0 Å². The minimum atomic E-state index is -0.473. The smallest absolute Gasteiger partial charge is 0.293 e. The summed E-state index contributed by atoms with van der Waals surface area (Å²) >= 11 is 6.89. The minimum Gasteiger partial charge on any atom is -0.489 e. The molecule has 4 nitrogen and oxygen atoms in total. The molecule has 0 bridgehead atoms. The lowest BCUT2D eigenvalue weighted by Gasteiger charge is -2.13. The number of rotatable bonds is 6. The Morgan fingerprint density at radius 3 is 2.45 bits per heavy atom. The molecule has 7 heteroatoms. The number of imide groups is 1. The van der Waals surface area contributed by atoms with Crippen LogP contribution in [0.2, 0.25) is 5.02 Å². The molecule has 0 aromatic heterocycles. The maximum absolute atomic E-state index is 13.2. The molecule has 1 aliphatic heterocycles. The monoisotopic (exact) mass is 453 g/mol. The fourth-order valence-corrected chi connectivity index (χ4v) is 4.07. The predicted octanol–water partition coefficient (Wildman–Crippen LogP) is 6.29. The molecule has 3 aromatic carbocycles. The van der Waals surface area contributed by atoms with Crippen molar-refractivity contribution in [3.05, 3.63) is 105 Å². The Balaban J connectivity index is 1.42. The standard InChI is InChI=1S/C24H17ClFNO3S/c25-21-13-19(26)9-8-18(21)14-27-23(28)22(31-24(27)29)12-16-6-10-20(11-7-16)30-15-17-4-2-1-3-5-17/h1-13H,14-15H2/b22-12-. The lowest BCUT2D eigenvalue weighted by atomic mass is 10.2. The third-order valence-electron chi connectivity index (χ3n) is 4.64. The van der Waals surface area contributed by atoms with E-state index in [0.717, 1.165) is 33.9 Å². The predicted molar refractivity (Wildman–Crippen MR) is 120 cm³/mol. The molecule has 1 heterocycles. The van der Waals surface area contributed by atoms with Gasteiger partial charge in [-0.15, -0.1) is 0 Å². The van der Waals surface area contributed by atoms with Gasteiger partial charge in [0.1, 0.15) is 18.2 Å². The molecule has 1 saturated heterocycles. The first-order chi connectivity index (χ1) is 15.0. The van der Waals surface area contributed by atoms with Crippen LogP contribution in [0.5, 0.6) is 5.75 Å². The van der Waals surface area contributed by atoms with Crippen LogP contribution in [-0.4, -0.2) is 16.0 Å². The summed E-state index contributed by atoms with van der Waals surface area (Å²) in [5.41, 5.74) is 2.35. The number of thioether (sulfide) groups is 1. The maximum atomic E-state index is 13.2. The van der Waals surface area contributed by atoms with Gasteiger partial charge in [-0.3, -0.25) is 14.5 Å². The van der Waals surface area contributed by atoms with E-state index >= 15 is 0 Å². The summed E-state index contributed by atoms with van der Waals surface area (Å²) in [4.78, 5) is 26.5. The normalized spacial score (nSPS) is 15.0. The van der Waals surface area contributed by atoms with Crippen LogP contribution in [0.4, 0.5) is 9.18 Å². The third kappa shape index (κ3) is 5.16. The summed E-state index contributed by atoms with van der Waals surface area (Å²) in [6.45, 7) is 0.457. The largest absolute Gasteiger partial charge is 0.489 e. The summed E-state index contributed by atoms with van der Waals surface area (Å²) in [6, 6.07) is 21.0. The van der Waals surface area contributed by atoms with Crippen LogP contribution < -0.4 is 4.74 Å². The van der Waals surface area contributed by atoms with Crippen LogP contribution in [0, 0.1) is 5.82 Å².